The number of carbonyl (C=O) groups excluding carboxylic acids is 1. The van der Waals surface area contributed by atoms with Crippen molar-refractivity contribution in [2.24, 2.45) is 0 Å². The number of aromatic nitrogens is 1. The normalized spacial score (nSPS) is 15.8. The van der Waals surface area contributed by atoms with Crippen LogP contribution in [0.1, 0.15) is 30.9 Å². The minimum atomic E-state index is -0.0291. The van der Waals surface area contributed by atoms with E-state index < -0.39 is 0 Å². The quantitative estimate of drug-likeness (QED) is 0.725. The topological polar surface area (TPSA) is 54.0 Å². The summed E-state index contributed by atoms with van der Waals surface area (Å²) in [5.41, 5.74) is 2.26. The summed E-state index contributed by atoms with van der Waals surface area (Å²) < 4.78 is 0. The maximum atomic E-state index is 11.3. The maximum absolute atomic E-state index is 11.3. The molecule has 0 spiro atoms. The third kappa shape index (κ3) is 2.15. The Morgan fingerprint density at radius 3 is 2.93 bits per heavy atom. The molecule has 0 radical (unpaired) electrons. The molecule has 15 heavy (non-hydrogen) atoms. The summed E-state index contributed by atoms with van der Waals surface area (Å²) in [5, 5.41) is 5.84. The largest absolute Gasteiger partial charge is 0.309 e. The van der Waals surface area contributed by atoms with E-state index in [1.807, 2.05) is 6.20 Å². The van der Waals surface area contributed by atoms with Gasteiger partial charge < -0.3 is 10.6 Å². The summed E-state index contributed by atoms with van der Waals surface area (Å²) in [7, 11) is 0. The van der Waals surface area contributed by atoms with Crippen LogP contribution in [-0.4, -0.2) is 17.4 Å². The van der Waals surface area contributed by atoms with E-state index in [1.165, 1.54) is 5.56 Å². The first kappa shape index (κ1) is 10.1. The molecule has 1 amide bonds. The van der Waals surface area contributed by atoms with Gasteiger partial charge in [-0.2, -0.15) is 0 Å². The van der Waals surface area contributed by atoms with Crippen molar-refractivity contribution in [1.82, 2.24) is 10.3 Å². The van der Waals surface area contributed by atoms with E-state index in [1.54, 1.807) is 0 Å². The number of amides is 1. The smallest absolute Gasteiger partial charge is 0.239 e. The van der Waals surface area contributed by atoms with E-state index in [9.17, 15) is 4.79 Å². The van der Waals surface area contributed by atoms with E-state index in [4.69, 9.17) is 0 Å². The first-order chi connectivity index (χ1) is 7.16. The van der Waals surface area contributed by atoms with Gasteiger partial charge in [0.1, 0.15) is 5.82 Å². The maximum Gasteiger partial charge on any atom is 0.239 e. The number of nitrogens with zero attached hydrogens (tertiary/aromatic N) is 1. The first-order valence-electron chi connectivity index (χ1n) is 5.16. The van der Waals surface area contributed by atoms with E-state index in [2.05, 4.69) is 35.5 Å². The van der Waals surface area contributed by atoms with E-state index in [0.29, 0.717) is 24.8 Å². The van der Waals surface area contributed by atoms with Crippen molar-refractivity contribution in [1.29, 1.82) is 0 Å². The van der Waals surface area contributed by atoms with Gasteiger partial charge in [-0.05, 0) is 17.5 Å². The molecule has 1 aromatic rings. The zero-order valence-corrected chi connectivity index (χ0v) is 9.00. The number of hydrogen-bond acceptors (Lipinski definition) is 3. The molecule has 0 saturated heterocycles. The molecular weight excluding hydrogens is 190 g/mol. The van der Waals surface area contributed by atoms with Crippen LogP contribution in [0.3, 0.4) is 0 Å². The average Bonchev–Trinajstić information content (AvgIpc) is 2.37. The molecule has 0 aromatic carbocycles. The lowest BCUT2D eigenvalue weighted by Crippen LogP contribution is -2.23. The molecule has 0 saturated carbocycles. The molecule has 4 heteroatoms. The van der Waals surface area contributed by atoms with Gasteiger partial charge in [0, 0.05) is 18.3 Å². The Hall–Kier alpha value is -1.42. The highest BCUT2D eigenvalue weighted by Gasteiger charge is 2.14. The number of anilines is 1. The highest BCUT2D eigenvalue weighted by molar-refractivity contribution is 5.92. The Balaban J connectivity index is 2.35. The third-order valence-corrected chi connectivity index (χ3v) is 2.51. The SMILES string of the molecule is CC(C)c1cnc2c(c1)CNCC(=O)N2. The molecule has 1 aromatic heterocycles. The molecule has 1 aliphatic heterocycles. The van der Waals surface area contributed by atoms with Crippen LogP contribution in [0.15, 0.2) is 12.3 Å². The molecule has 0 unspecified atom stereocenters. The van der Waals surface area contributed by atoms with Gasteiger partial charge in [-0.15, -0.1) is 0 Å². The minimum absolute atomic E-state index is 0.0291. The van der Waals surface area contributed by atoms with Gasteiger partial charge in [-0.3, -0.25) is 4.79 Å². The van der Waals surface area contributed by atoms with Crippen LogP contribution in [0.5, 0.6) is 0 Å². The molecule has 2 rings (SSSR count). The van der Waals surface area contributed by atoms with Crippen LogP contribution in [0.2, 0.25) is 0 Å². The molecule has 0 bridgehead atoms. The van der Waals surface area contributed by atoms with Crippen LogP contribution < -0.4 is 10.6 Å². The Morgan fingerprint density at radius 1 is 1.40 bits per heavy atom. The van der Waals surface area contributed by atoms with Crippen molar-refractivity contribution in [3.63, 3.8) is 0 Å². The lowest BCUT2D eigenvalue weighted by atomic mass is 10.0. The Labute approximate surface area is 89.1 Å². The first-order valence-corrected chi connectivity index (χ1v) is 5.16. The summed E-state index contributed by atoms with van der Waals surface area (Å²) in [4.78, 5) is 15.5. The molecular formula is C11H15N3O. The number of hydrogen-bond donors (Lipinski definition) is 2. The van der Waals surface area contributed by atoms with E-state index in [0.717, 1.165) is 5.56 Å². The Kier molecular flexibility index (Phi) is 2.68. The molecule has 0 fully saturated rings. The number of rotatable bonds is 1. The van der Waals surface area contributed by atoms with E-state index >= 15 is 0 Å². The van der Waals surface area contributed by atoms with Crippen molar-refractivity contribution in [2.45, 2.75) is 26.3 Å². The fourth-order valence-corrected chi connectivity index (χ4v) is 1.58. The summed E-state index contributed by atoms with van der Waals surface area (Å²) in [5.74, 6) is 1.12. The lowest BCUT2D eigenvalue weighted by Gasteiger charge is -2.09. The van der Waals surface area contributed by atoms with Crippen LogP contribution >= 0.6 is 0 Å². The van der Waals surface area contributed by atoms with Crippen molar-refractivity contribution in [3.8, 4) is 0 Å². The van der Waals surface area contributed by atoms with Gasteiger partial charge >= 0.3 is 0 Å². The van der Waals surface area contributed by atoms with Gasteiger partial charge in [0.05, 0.1) is 6.54 Å². The summed E-state index contributed by atoms with van der Waals surface area (Å²) in [6, 6.07) is 2.10. The number of fused-ring (bicyclic) bond motifs is 1. The molecule has 4 nitrogen and oxygen atoms in total. The van der Waals surface area contributed by atoms with Gasteiger partial charge in [0.25, 0.3) is 0 Å². The van der Waals surface area contributed by atoms with Crippen LogP contribution in [0.25, 0.3) is 0 Å². The summed E-state index contributed by atoms with van der Waals surface area (Å²) >= 11 is 0. The standard InChI is InChI=1S/C11H15N3O/c1-7(2)8-3-9-4-12-6-10(15)14-11(9)13-5-8/h3,5,7,12H,4,6H2,1-2H3,(H,13,14,15). The van der Waals surface area contributed by atoms with Crippen LogP contribution in [0, 0.1) is 0 Å². The van der Waals surface area contributed by atoms with Crippen LogP contribution in [0.4, 0.5) is 5.82 Å². The van der Waals surface area contributed by atoms with Gasteiger partial charge in [0.2, 0.25) is 5.91 Å². The van der Waals surface area contributed by atoms with Gasteiger partial charge in [-0.25, -0.2) is 4.98 Å². The Morgan fingerprint density at radius 2 is 2.20 bits per heavy atom. The van der Waals surface area contributed by atoms with E-state index in [-0.39, 0.29) is 5.91 Å². The molecule has 0 aliphatic carbocycles. The third-order valence-electron chi connectivity index (χ3n) is 2.51. The second-order valence-electron chi connectivity index (χ2n) is 4.08. The average molecular weight is 205 g/mol. The molecule has 2 N–H and O–H groups in total. The highest BCUT2D eigenvalue weighted by atomic mass is 16.2. The fraction of sp³-hybridized carbons (Fsp3) is 0.455. The second-order valence-corrected chi connectivity index (χ2v) is 4.08. The lowest BCUT2D eigenvalue weighted by molar-refractivity contribution is -0.115. The minimum Gasteiger partial charge on any atom is -0.309 e. The Bertz CT molecular complexity index is 387. The molecule has 0 atom stereocenters. The summed E-state index contributed by atoms with van der Waals surface area (Å²) in [6.45, 7) is 5.31. The highest BCUT2D eigenvalue weighted by Crippen LogP contribution is 2.20. The number of nitrogens with one attached hydrogen (secondary N) is 2. The van der Waals surface area contributed by atoms with Crippen molar-refractivity contribution in [3.05, 3.63) is 23.4 Å². The van der Waals surface area contributed by atoms with Crippen molar-refractivity contribution in [2.75, 3.05) is 11.9 Å². The fourth-order valence-electron chi connectivity index (χ4n) is 1.58. The van der Waals surface area contributed by atoms with Gasteiger partial charge in [0.15, 0.2) is 0 Å². The predicted molar refractivity (Wildman–Crippen MR) is 58.7 cm³/mol. The predicted octanol–water partition coefficient (Wildman–Crippen LogP) is 1.25. The number of carbonyl (C=O) groups is 1. The summed E-state index contributed by atoms with van der Waals surface area (Å²) in [6.07, 6.45) is 1.83. The number of pyridine rings is 1. The zero-order chi connectivity index (χ0) is 10.8. The van der Waals surface area contributed by atoms with Crippen molar-refractivity contribution < 1.29 is 4.79 Å². The van der Waals surface area contributed by atoms with Crippen LogP contribution in [-0.2, 0) is 11.3 Å². The van der Waals surface area contributed by atoms with Gasteiger partial charge in [-0.1, -0.05) is 13.8 Å². The van der Waals surface area contributed by atoms with Crippen molar-refractivity contribution >= 4 is 11.7 Å². The monoisotopic (exact) mass is 205 g/mol. The molecule has 2 heterocycles. The zero-order valence-electron chi connectivity index (χ0n) is 9.00. The molecule has 1 aliphatic rings. The molecule has 80 valence electrons. The second kappa shape index (κ2) is 3.98.